The summed E-state index contributed by atoms with van der Waals surface area (Å²) in [6.07, 6.45) is 0. The van der Waals surface area contributed by atoms with Crippen molar-refractivity contribution in [3.63, 3.8) is 0 Å². The van der Waals surface area contributed by atoms with E-state index in [1.165, 1.54) is 16.2 Å². The van der Waals surface area contributed by atoms with Crippen LogP contribution >= 0.6 is 22.9 Å². The number of anilines is 1. The molecule has 0 fully saturated rings. The van der Waals surface area contributed by atoms with E-state index in [1.807, 2.05) is 6.92 Å². The fraction of sp³-hybridized carbons (Fsp3) is 0.200. The molecule has 2 rings (SSSR count). The molecule has 110 valence electrons. The predicted molar refractivity (Wildman–Crippen MR) is 86.5 cm³/mol. The Kier molecular flexibility index (Phi) is 4.65. The average Bonchev–Trinajstić information content (AvgIpc) is 2.78. The van der Waals surface area contributed by atoms with Crippen molar-refractivity contribution in [2.24, 2.45) is 0 Å². The zero-order valence-electron chi connectivity index (χ0n) is 11.9. The second-order valence-electron chi connectivity index (χ2n) is 4.76. The summed E-state index contributed by atoms with van der Waals surface area (Å²) in [5.41, 5.74) is 1.25. The zero-order chi connectivity index (χ0) is 15.6. The highest BCUT2D eigenvalue weighted by molar-refractivity contribution is 7.18. The highest BCUT2D eigenvalue weighted by Gasteiger charge is 2.17. The maximum Gasteiger partial charge on any atom is 0.263 e. The van der Waals surface area contributed by atoms with Crippen molar-refractivity contribution in [2.75, 3.05) is 19.4 Å². The Balaban J connectivity index is 2.21. The highest BCUT2D eigenvalue weighted by Crippen LogP contribution is 2.28. The van der Waals surface area contributed by atoms with E-state index in [4.69, 9.17) is 11.6 Å². The van der Waals surface area contributed by atoms with Crippen molar-refractivity contribution < 1.29 is 9.59 Å². The number of aryl methyl sites for hydroxylation is 1. The van der Waals surface area contributed by atoms with Gasteiger partial charge in [0.15, 0.2) is 0 Å². The van der Waals surface area contributed by atoms with E-state index in [2.05, 4.69) is 5.32 Å². The maximum absolute atomic E-state index is 12.2. The lowest BCUT2D eigenvalue weighted by Crippen LogP contribution is -2.21. The van der Waals surface area contributed by atoms with E-state index in [1.54, 1.807) is 44.4 Å². The van der Waals surface area contributed by atoms with E-state index in [0.29, 0.717) is 20.5 Å². The monoisotopic (exact) mass is 322 g/mol. The normalized spacial score (nSPS) is 10.3. The molecule has 0 aliphatic rings. The number of thiophene rings is 1. The molecule has 0 aliphatic carbocycles. The lowest BCUT2D eigenvalue weighted by molar-refractivity contribution is 0.0831. The van der Waals surface area contributed by atoms with Gasteiger partial charge in [0, 0.05) is 14.1 Å². The van der Waals surface area contributed by atoms with Gasteiger partial charge in [-0.05, 0) is 30.7 Å². The Morgan fingerprint density at radius 1 is 1.24 bits per heavy atom. The van der Waals surface area contributed by atoms with E-state index in [-0.39, 0.29) is 11.8 Å². The molecule has 4 nitrogen and oxygen atoms in total. The summed E-state index contributed by atoms with van der Waals surface area (Å²) < 4.78 is 0. The lowest BCUT2D eigenvalue weighted by Gasteiger charge is -2.08. The summed E-state index contributed by atoms with van der Waals surface area (Å²) >= 11 is 7.25. The third-order valence-electron chi connectivity index (χ3n) is 2.87. The number of amides is 2. The van der Waals surface area contributed by atoms with Crippen LogP contribution in [0.1, 0.15) is 25.6 Å². The molecule has 1 N–H and O–H groups in total. The third kappa shape index (κ3) is 3.43. The Morgan fingerprint density at radius 2 is 1.90 bits per heavy atom. The first kappa shape index (κ1) is 15.5. The van der Waals surface area contributed by atoms with Crippen LogP contribution in [0.5, 0.6) is 0 Å². The number of nitrogens with zero attached hydrogens (tertiary/aromatic N) is 1. The highest BCUT2D eigenvalue weighted by atomic mass is 35.5. The van der Waals surface area contributed by atoms with Crippen LogP contribution < -0.4 is 5.32 Å². The molecule has 0 radical (unpaired) electrons. The molecule has 0 saturated carbocycles. The lowest BCUT2D eigenvalue weighted by atomic mass is 10.2. The summed E-state index contributed by atoms with van der Waals surface area (Å²) in [4.78, 5) is 26.3. The Labute approximate surface area is 132 Å². The Morgan fingerprint density at radius 3 is 2.52 bits per heavy atom. The van der Waals surface area contributed by atoms with Crippen LogP contribution in [0.25, 0.3) is 0 Å². The number of nitrogens with one attached hydrogen (secondary N) is 1. The molecule has 2 aromatic rings. The Hall–Kier alpha value is -1.85. The van der Waals surface area contributed by atoms with Gasteiger partial charge in [0.1, 0.15) is 0 Å². The largest absolute Gasteiger partial charge is 0.344 e. The molecule has 0 saturated heterocycles. The number of carbonyl (C=O) groups is 2. The van der Waals surface area contributed by atoms with Crippen molar-refractivity contribution >= 4 is 39.8 Å². The maximum atomic E-state index is 12.2. The van der Waals surface area contributed by atoms with Gasteiger partial charge in [-0.2, -0.15) is 0 Å². The standard InChI is InChI=1S/C15H15ClN2O2S/c1-9-8-12(21-13(9)15(20)18(2)3)17-14(19)10-6-4-5-7-11(10)16/h4-8H,1-3H3,(H,17,19). The summed E-state index contributed by atoms with van der Waals surface area (Å²) in [5.74, 6) is -0.360. The summed E-state index contributed by atoms with van der Waals surface area (Å²) in [5, 5.41) is 3.80. The van der Waals surface area contributed by atoms with Crippen molar-refractivity contribution in [1.82, 2.24) is 4.90 Å². The van der Waals surface area contributed by atoms with Crippen molar-refractivity contribution in [1.29, 1.82) is 0 Å². The molecule has 2 amide bonds. The molecule has 6 heteroatoms. The van der Waals surface area contributed by atoms with Gasteiger partial charge in [-0.3, -0.25) is 9.59 Å². The van der Waals surface area contributed by atoms with Gasteiger partial charge >= 0.3 is 0 Å². The van der Waals surface area contributed by atoms with E-state index < -0.39 is 0 Å². The minimum Gasteiger partial charge on any atom is -0.344 e. The molecule has 0 aliphatic heterocycles. The molecule has 0 spiro atoms. The summed E-state index contributed by atoms with van der Waals surface area (Å²) in [6, 6.07) is 8.63. The second-order valence-corrected chi connectivity index (χ2v) is 6.22. The number of carbonyl (C=O) groups excluding carboxylic acids is 2. The smallest absolute Gasteiger partial charge is 0.263 e. The van der Waals surface area contributed by atoms with Crippen LogP contribution in [0, 0.1) is 6.92 Å². The number of hydrogen-bond donors (Lipinski definition) is 1. The predicted octanol–water partition coefficient (Wildman–Crippen LogP) is 3.66. The second kappa shape index (κ2) is 6.28. The van der Waals surface area contributed by atoms with Gasteiger partial charge < -0.3 is 10.2 Å². The first-order valence-electron chi connectivity index (χ1n) is 6.28. The van der Waals surface area contributed by atoms with Crippen LogP contribution in [0.4, 0.5) is 5.00 Å². The number of hydrogen-bond acceptors (Lipinski definition) is 3. The van der Waals surface area contributed by atoms with Crippen LogP contribution in [0.15, 0.2) is 30.3 Å². The third-order valence-corrected chi connectivity index (χ3v) is 4.34. The fourth-order valence-electron chi connectivity index (χ4n) is 1.78. The number of benzene rings is 1. The van der Waals surface area contributed by atoms with E-state index >= 15 is 0 Å². The van der Waals surface area contributed by atoms with Crippen LogP contribution in [0.3, 0.4) is 0 Å². The SMILES string of the molecule is Cc1cc(NC(=O)c2ccccc2Cl)sc1C(=O)N(C)C. The molecule has 1 aromatic heterocycles. The average molecular weight is 323 g/mol. The molecular formula is C15H15ClN2O2S. The molecule has 21 heavy (non-hydrogen) atoms. The Bertz CT molecular complexity index is 695. The van der Waals surface area contributed by atoms with Gasteiger partial charge in [-0.15, -0.1) is 11.3 Å². The van der Waals surface area contributed by atoms with Crippen LogP contribution in [-0.4, -0.2) is 30.8 Å². The van der Waals surface area contributed by atoms with Gasteiger partial charge in [0.25, 0.3) is 11.8 Å². The summed E-state index contributed by atoms with van der Waals surface area (Å²) in [6.45, 7) is 1.85. The zero-order valence-corrected chi connectivity index (χ0v) is 13.5. The van der Waals surface area contributed by atoms with Gasteiger partial charge in [-0.1, -0.05) is 23.7 Å². The fourth-order valence-corrected chi connectivity index (χ4v) is 3.09. The van der Waals surface area contributed by atoms with Crippen LogP contribution in [0.2, 0.25) is 5.02 Å². The van der Waals surface area contributed by atoms with E-state index in [0.717, 1.165) is 5.56 Å². The molecule has 0 bridgehead atoms. The van der Waals surface area contributed by atoms with Gasteiger partial charge in [0.2, 0.25) is 0 Å². The first-order chi connectivity index (χ1) is 9.90. The molecule has 1 heterocycles. The van der Waals surface area contributed by atoms with Gasteiger partial charge in [-0.25, -0.2) is 0 Å². The minimum atomic E-state index is -0.286. The van der Waals surface area contributed by atoms with Crippen molar-refractivity contribution in [3.05, 3.63) is 51.4 Å². The molecular weight excluding hydrogens is 308 g/mol. The molecule has 1 aromatic carbocycles. The number of halogens is 1. The topological polar surface area (TPSA) is 49.4 Å². The number of rotatable bonds is 3. The van der Waals surface area contributed by atoms with Crippen molar-refractivity contribution in [2.45, 2.75) is 6.92 Å². The van der Waals surface area contributed by atoms with E-state index in [9.17, 15) is 9.59 Å². The quantitative estimate of drug-likeness (QED) is 0.937. The van der Waals surface area contributed by atoms with Crippen LogP contribution in [-0.2, 0) is 0 Å². The van der Waals surface area contributed by atoms with Crippen molar-refractivity contribution in [3.8, 4) is 0 Å². The molecule has 0 unspecified atom stereocenters. The first-order valence-corrected chi connectivity index (χ1v) is 7.47. The summed E-state index contributed by atoms with van der Waals surface area (Å²) in [7, 11) is 3.40. The minimum absolute atomic E-state index is 0.0734. The van der Waals surface area contributed by atoms with Gasteiger partial charge in [0.05, 0.1) is 20.5 Å². The molecule has 0 atom stereocenters.